The molecule has 0 amide bonds. The number of hydrogen-bond donors (Lipinski definition) is 1. The van der Waals surface area contributed by atoms with Gasteiger partial charge >= 0.3 is 0 Å². The molecule has 2 heterocycles. The number of nitrogens with two attached hydrogens (primary N) is 1. The number of hydrogen-bond acceptors (Lipinski definition) is 4. The van der Waals surface area contributed by atoms with Gasteiger partial charge in [-0.15, -0.1) is 11.3 Å². The number of benzene rings is 1. The van der Waals surface area contributed by atoms with E-state index in [-0.39, 0.29) is 6.04 Å². The van der Waals surface area contributed by atoms with E-state index >= 15 is 0 Å². The molecule has 4 nitrogen and oxygen atoms in total. The van der Waals surface area contributed by atoms with E-state index in [1.54, 1.807) is 11.3 Å². The number of rotatable bonds is 4. The Hall–Kier alpha value is -1.88. The molecule has 3 aromatic rings. The van der Waals surface area contributed by atoms with Gasteiger partial charge in [-0.05, 0) is 38.5 Å². The van der Waals surface area contributed by atoms with Crippen molar-refractivity contribution < 1.29 is 0 Å². The van der Waals surface area contributed by atoms with Crippen molar-refractivity contribution in [3.05, 3.63) is 40.1 Å². The summed E-state index contributed by atoms with van der Waals surface area (Å²) in [5.41, 5.74) is 9.83. The van der Waals surface area contributed by atoms with Gasteiger partial charge in [0.25, 0.3) is 0 Å². The Morgan fingerprint density at radius 1 is 1.33 bits per heavy atom. The standard InChI is InChI=1S/C16H20N4S/c1-4-5-15-19-13-8-12(17)6-7-14(13)20(15)11(3)16-18-10(2)9-21-16/h6-9,11H,4-5,17H2,1-3H3. The minimum absolute atomic E-state index is 0.193. The van der Waals surface area contributed by atoms with Crippen LogP contribution in [0.5, 0.6) is 0 Å². The Labute approximate surface area is 128 Å². The zero-order valence-electron chi connectivity index (χ0n) is 12.6. The molecule has 21 heavy (non-hydrogen) atoms. The first-order valence-electron chi connectivity index (χ1n) is 7.28. The largest absolute Gasteiger partial charge is 0.399 e. The van der Waals surface area contributed by atoms with Crippen molar-refractivity contribution in [1.82, 2.24) is 14.5 Å². The first kappa shape index (κ1) is 14.1. The van der Waals surface area contributed by atoms with Gasteiger partial charge in [-0.2, -0.15) is 0 Å². The first-order valence-corrected chi connectivity index (χ1v) is 8.16. The lowest BCUT2D eigenvalue weighted by atomic mass is 10.2. The van der Waals surface area contributed by atoms with E-state index in [4.69, 9.17) is 10.7 Å². The number of nitrogen functional groups attached to an aromatic ring is 1. The number of nitrogens with zero attached hydrogens (tertiary/aromatic N) is 3. The molecule has 0 spiro atoms. The van der Waals surface area contributed by atoms with Crippen LogP contribution in [0, 0.1) is 6.92 Å². The number of fused-ring (bicyclic) bond motifs is 1. The summed E-state index contributed by atoms with van der Waals surface area (Å²) in [7, 11) is 0. The van der Waals surface area contributed by atoms with Crippen LogP contribution in [0.1, 0.15) is 42.8 Å². The highest BCUT2D eigenvalue weighted by molar-refractivity contribution is 7.09. The number of thiazole rings is 1. The van der Waals surface area contributed by atoms with Crippen LogP contribution >= 0.6 is 11.3 Å². The van der Waals surface area contributed by atoms with Gasteiger partial charge in [0.05, 0.1) is 17.1 Å². The van der Waals surface area contributed by atoms with Gasteiger partial charge < -0.3 is 10.3 Å². The molecule has 0 aliphatic carbocycles. The molecule has 0 saturated carbocycles. The van der Waals surface area contributed by atoms with Crippen molar-refractivity contribution in [2.75, 3.05) is 5.73 Å². The summed E-state index contributed by atoms with van der Waals surface area (Å²) in [6.45, 7) is 6.40. The highest BCUT2D eigenvalue weighted by Crippen LogP contribution is 2.29. The highest BCUT2D eigenvalue weighted by atomic mass is 32.1. The fraction of sp³-hybridized carbons (Fsp3) is 0.375. The van der Waals surface area contributed by atoms with E-state index in [0.29, 0.717) is 0 Å². The molecule has 1 aromatic carbocycles. The van der Waals surface area contributed by atoms with Gasteiger partial charge in [-0.1, -0.05) is 6.92 Å². The Morgan fingerprint density at radius 3 is 2.81 bits per heavy atom. The normalized spacial score (nSPS) is 12.9. The highest BCUT2D eigenvalue weighted by Gasteiger charge is 2.19. The van der Waals surface area contributed by atoms with Crippen molar-refractivity contribution in [2.45, 2.75) is 39.7 Å². The number of aromatic nitrogens is 3. The van der Waals surface area contributed by atoms with E-state index in [9.17, 15) is 0 Å². The van der Waals surface area contributed by atoms with Gasteiger partial charge in [0.1, 0.15) is 10.8 Å². The van der Waals surface area contributed by atoms with E-state index in [2.05, 4.69) is 34.8 Å². The third-order valence-corrected chi connectivity index (χ3v) is 4.77. The lowest BCUT2D eigenvalue weighted by molar-refractivity contribution is 0.608. The van der Waals surface area contributed by atoms with Crippen LogP contribution in [-0.4, -0.2) is 14.5 Å². The maximum absolute atomic E-state index is 5.89. The second kappa shape index (κ2) is 5.48. The number of imidazole rings is 1. The van der Waals surface area contributed by atoms with Crippen LogP contribution in [-0.2, 0) is 6.42 Å². The predicted molar refractivity (Wildman–Crippen MR) is 88.8 cm³/mol. The molecule has 1 atom stereocenters. The molecule has 0 bridgehead atoms. The second-order valence-electron chi connectivity index (χ2n) is 5.40. The molecular weight excluding hydrogens is 280 g/mol. The van der Waals surface area contributed by atoms with Gasteiger partial charge in [0.15, 0.2) is 0 Å². The van der Waals surface area contributed by atoms with Gasteiger partial charge in [0.2, 0.25) is 0 Å². The molecule has 1 unspecified atom stereocenters. The molecular formula is C16H20N4S. The molecule has 0 aliphatic heterocycles. The molecule has 0 saturated heterocycles. The van der Waals surface area contributed by atoms with E-state index in [1.165, 1.54) is 0 Å². The fourth-order valence-electron chi connectivity index (χ4n) is 2.67. The molecule has 0 fully saturated rings. The third kappa shape index (κ3) is 2.53. The Kier molecular flexibility index (Phi) is 3.68. The van der Waals surface area contributed by atoms with E-state index in [0.717, 1.165) is 46.1 Å². The van der Waals surface area contributed by atoms with Crippen LogP contribution in [0.2, 0.25) is 0 Å². The van der Waals surface area contributed by atoms with Crippen molar-refractivity contribution in [1.29, 1.82) is 0 Å². The Morgan fingerprint density at radius 2 is 2.14 bits per heavy atom. The predicted octanol–water partition coefficient (Wildman–Crippen LogP) is 3.95. The van der Waals surface area contributed by atoms with E-state index < -0.39 is 0 Å². The zero-order valence-corrected chi connectivity index (χ0v) is 13.4. The van der Waals surface area contributed by atoms with Gasteiger partial charge in [-0.25, -0.2) is 9.97 Å². The van der Waals surface area contributed by atoms with Gasteiger partial charge in [0, 0.05) is 23.2 Å². The molecule has 0 aliphatic rings. The maximum Gasteiger partial charge on any atom is 0.116 e. The Bertz CT molecular complexity index is 772. The minimum Gasteiger partial charge on any atom is -0.399 e. The van der Waals surface area contributed by atoms with Crippen LogP contribution < -0.4 is 5.73 Å². The summed E-state index contributed by atoms with van der Waals surface area (Å²) in [6.07, 6.45) is 2.03. The average Bonchev–Trinajstić information content (AvgIpc) is 3.01. The maximum atomic E-state index is 5.89. The molecule has 2 aromatic heterocycles. The molecule has 110 valence electrons. The molecule has 3 rings (SSSR count). The summed E-state index contributed by atoms with van der Waals surface area (Å²) in [5.74, 6) is 1.11. The summed E-state index contributed by atoms with van der Waals surface area (Å²) < 4.78 is 2.30. The molecule has 0 radical (unpaired) electrons. The lowest BCUT2D eigenvalue weighted by Gasteiger charge is -2.15. The van der Waals surface area contributed by atoms with Crippen LogP contribution in [0.3, 0.4) is 0 Å². The fourth-order valence-corrected chi connectivity index (χ4v) is 3.52. The summed E-state index contributed by atoms with van der Waals surface area (Å²) >= 11 is 1.71. The van der Waals surface area contributed by atoms with Crippen molar-refractivity contribution in [2.24, 2.45) is 0 Å². The SMILES string of the molecule is CCCc1nc2cc(N)ccc2n1C(C)c1nc(C)cs1. The monoisotopic (exact) mass is 300 g/mol. The smallest absolute Gasteiger partial charge is 0.116 e. The quantitative estimate of drug-likeness (QED) is 0.742. The first-order chi connectivity index (χ1) is 10.1. The van der Waals surface area contributed by atoms with E-state index in [1.807, 2.05) is 19.1 Å². The Balaban J connectivity index is 2.16. The molecule has 2 N–H and O–H groups in total. The minimum atomic E-state index is 0.193. The van der Waals surface area contributed by atoms with Crippen molar-refractivity contribution in [3.63, 3.8) is 0 Å². The van der Waals surface area contributed by atoms with Crippen molar-refractivity contribution in [3.8, 4) is 0 Å². The van der Waals surface area contributed by atoms with Crippen molar-refractivity contribution >= 4 is 28.1 Å². The van der Waals surface area contributed by atoms with Crippen LogP contribution in [0.25, 0.3) is 11.0 Å². The topological polar surface area (TPSA) is 56.7 Å². The van der Waals surface area contributed by atoms with Gasteiger partial charge in [-0.3, -0.25) is 0 Å². The number of anilines is 1. The lowest BCUT2D eigenvalue weighted by Crippen LogP contribution is -2.10. The van der Waals surface area contributed by atoms with Crippen LogP contribution in [0.4, 0.5) is 5.69 Å². The second-order valence-corrected chi connectivity index (χ2v) is 6.29. The van der Waals surface area contributed by atoms with Crippen LogP contribution in [0.15, 0.2) is 23.6 Å². The number of aryl methyl sites for hydroxylation is 2. The summed E-state index contributed by atoms with van der Waals surface area (Å²) in [6, 6.07) is 6.15. The summed E-state index contributed by atoms with van der Waals surface area (Å²) in [4.78, 5) is 9.41. The summed E-state index contributed by atoms with van der Waals surface area (Å²) in [5, 5.41) is 3.23. The average molecular weight is 300 g/mol. The third-order valence-electron chi connectivity index (χ3n) is 3.64. The zero-order chi connectivity index (χ0) is 15.0. The molecule has 5 heteroatoms.